The molecule has 2 rings (SSSR count). The van der Waals surface area contributed by atoms with E-state index in [0.717, 1.165) is 0 Å². The van der Waals surface area contributed by atoms with Gasteiger partial charge in [0.25, 0.3) is 0 Å². The fourth-order valence-corrected chi connectivity index (χ4v) is 1.84. The molecule has 0 aromatic carbocycles. The molecule has 0 radical (unpaired) electrons. The highest BCUT2D eigenvalue weighted by Gasteiger charge is 2.23. The third-order valence-electron chi connectivity index (χ3n) is 3.06. The van der Waals surface area contributed by atoms with Gasteiger partial charge in [-0.1, -0.05) is 19.0 Å². The monoisotopic (exact) mass is 307 g/mol. The maximum atomic E-state index is 11.8. The average Bonchev–Trinajstić information content (AvgIpc) is 3.12. The normalized spacial score (nSPS) is 12.3. The van der Waals surface area contributed by atoms with E-state index >= 15 is 0 Å². The number of nitrogens with one attached hydrogen (secondary N) is 1. The summed E-state index contributed by atoms with van der Waals surface area (Å²) in [5.41, 5.74) is 0.685. The fraction of sp³-hybridized carbons (Fsp3) is 0.429. The Kier molecular flexibility index (Phi) is 4.92. The van der Waals surface area contributed by atoms with Crippen LogP contribution in [0.1, 0.15) is 26.2 Å². The first-order chi connectivity index (χ1) is 10.5. The molecule has 8 heteroatoms. The molecule has 0 aliphatic heterocycles. The highest BCUT2D eigenvalue weighted by atomic mass is 16.5. The number of nitrogens with zero attached hydrogens (tertiary/aromatic N) is 2. The van der Waals surface area contributed by atoms with Crippen LogP contribution in [-0.4, -0.2) is 33.2 Å². The molecule has 0 saturated carbocycles. The molecule has 2 aromatic rings. The van der Waals surface area contributed by atoms with Crippen molar-refractivity contribution in [3.63, 3.8) is 0 Å². The van der Waals surface area contributed by atoms with E-state index in [4.69, 9.17) is 14.0 Å². The standard InChI is InChI=1S/C14H17N3O5/c1-8(2)12(14(19)20)15-10(18)3-4-11-16-13(17-22-11)9-5-6-21-7-9/h5-8,12H,3-4H2,1-2H3,(H,15,18)(H,19,20)/t12-/m1/s1. The minimum atomic E-state index is -1.05. The van der Waals surface area contributed by atoms with Crippen molar-refractivity contribution >= 4 is 11.9 Å². The zero-order valence-corrected chi connectivity index (χ0v) is 12.3. The zero-order valence-electron chi connectivity index (χ0n) is 12.3. The summed E-state index contributed by atoms with van der Waals surface area (Å²) >= 11 is 0. The molecule has 1 amide bonds. The van der Waals surface area contributed by atoms with E-state index in [9.17, 15) is 9.59 Å². The number of carbonyl (C=O) groups is 2. The summed E-state index contributed by atoms with van der Waals surface area (Å²) < 4.78 is 9.96. The molecule has 2 N–H and O–H groups in total. The number of rotatable bonds is 7. The minimum Gasteiger partial charge on any atom is -0.480 e. The van der Waals surface area contributed by atoms with Crippen LogP contribution in [-0.2, 0) is 16.0 Å². The summed E-state index contributed by atoms with van der Waals surface area (Å²) in [6, 6.07) is 0.790. The number of aryl methyl sites for hydroxylation is 1. The second-order valence-electron chi connectivity index (χ2n) is 5.15. The van der Waals surface area contributed by atoms with E-state index in [-0.39, 0.29) is 24.7 Å². The topological polar surface area (TPSA) is 118 Å². The van der Waals surface area contributed by atoms with E-state index in [1.165, 1.54) is 12.5 Å². The SMILES string of the molecule is CC(C)[C@@H](NC(=O)CCc1nc(-c2ccoc2)no1)C(=O)O. The Morgan fingerprint density at radius 2 is 2.18 bits per heavy atom. The third kappa shape index (κ3) is 3.94. The largest absolute Gasteiger partial charge is 0.480 e. The zero-order chi connectivity index (χ0) is 16.1. The molecule has 2 aromatic heterocycles. The number of amides is 1. The molecule has 8 nitrogen and oxygen atoms in total. The first-order valence-corrected chi connectivity index (χ1v) is 6.84. The Balaban J connectivity index is 1.87. The van der Waals surface area contributed by atoms with Crippen LogP contribution in [0.3, 0.4) is 0 Å². The predicted octanol–water partition coefficient (Wildman–Crippen LogP) is 1.49. The molecule has 0 saturated heterocycles. The highest BCUT2D eigenvalue weighted by Crippen LogP contribution is 2.16. The molecule has 118 valence electrons. The van der Waals surface area contributed by atoms with Crippen molar-refractivity contribution in [2.24, 2.45) is 5.92 Å². The molecule has 1 atom stereocenters. The second-order valence-corrected chi connectivity index (χ2v) is 5.15. The maximum Gasteiger partial charge on any atom is 0.326 e. The molecule has 0 bridgehead atoms. The Labute approximate surface area is 126 Å². The number of carboxylic acids is 1. The number of aromatic nitrogens is 2. The lowest BCUT2D eigenvalue weighted by Gasteiger charge is -2.17. The Hall–Kier alpha value is -2.64. The van der Waals surface area contributed by atoms with Crippen LogP contribution in [0.4, 0.5) is 0 Å². The fourth-order valence-electron chi connectivity index (χ4n) is 1.84. The molecular formula is C14H17N3O5. The van der Waals surface area contributed by atoms with Crippen molar-refractivity contribution in [3.05, 3.63) is 24.5 Å². The summed E-state index contributed by atoms with van der Waals surface area (Å²) in [6.07, 6.45) is 3.29. The summed E-state index contributed by atoms with van der Waals surface area (Å²) in [6.45, 7) is 3.46. The molecule has 0 spiro atoms. The van der Waals surface area contributed by atoms with Crippen LogP contribution in [0.15, 0.2) is 27.5 Å². The number of aliphatic carboxylic acids is 1. The average molecular weight is 307 g/mol. The van der Waals surface area contributed by atoms with Gasteiger partial charge in [0.15, 0.2) is 0 Å². The van der Waals surface area contributed by atoms with Gasteiger partial charge in [-0.05, 0) is 12.0 Å². The summed E-state index contributed by atoms with van der Waals surface area (Å²) in [5, 5.41) is 15.3. The Morgan fingerprint density at radius 3 is 2.77 bits per heavy atom. The first-order valence-electron chi connectivity index (χ1n) is 6.84. The minimum absolute atomic E-state index is 0.0729. The second kappa shape index (κ2) is 6.88. The van der Waals surface area contributed by atoms with E-state index in [1.807, 2.05) is 0 Å². The number of carbonyl (C=O) groups excluding carboxylic acids is 1. The van der Waals surface area contributed by atoms with Crippen LogP contribution < -0.4 is 5.32 Å². The number of hydrogen-bond donors (Lipinski definition) is 2. The third-order valence-corrected chi connectivity index (χ3v) is 3.06. The van der Waals surface area contributed by atoms with E-state index < -0.39 is 12.0 Å². The van der Waals surface area contributed by atoms with Crippen LogP contribution >= 0.6 is 0 Å². The smallest absolute Gasteiger partial charge is 0.326 e. The van der Waals surface area contributed by atoms with Crippen LogP contribution in [0.25, 0.3) is 11.4 Å². The quantitative estimate of drug-likeness (QED) is 0.795. The van der Waals surface area contributed by atoms with Crippen molar-refractivity contribution < 1.29 is 23.6 Å². The van der Waals surface area contributed by atoms with Crippen molar-refractivity contribution in [2.45, 2.75) is 32.7 Å². The number of furan rings is 1. The van der Waals surface area contributed by atoms with Gasteiger partial charge < -0.3 is 19.4 Å². The predicted molar refractivity (Wildman–Crippen MR) is 74.7 cm³/mol. The lowest BCUT2D eigenvalue weighted by atomic mass is 10.0. The van der Waals surface area contributed by atoms with Crippen LogP contribution in [0.2, 0.25) is 0 Å². The van der Waals surface area contributed by atoms with E-state index in [2.05, 4.69) is 15.5 Å². The molecule has 0 unspecified atom stereocenters. The molecular weight excluding hydrogens is 290 g/mol. The van der Waals surface area contributed by atoms with Gasteiger partial charge in [0.05, 0.1) is 11.8 Å². The van der Waals surface area contributed by atoms with E-state index in [0.29, 0.717) is 17.3 Å². The summed E-state index contributed by atoms with van der Waals surface area (Å²) in [5.74, 6) is -0.928. The van der Waals surface area contributed by atoms with Crippen LogP contribution in [0.5, 0.6) is 0 Å². The Bertz CT molecular complexity index is 633. The Morgan fingerprint density at radius 1 is 1.41 bits per heavy atom. The van der Waals surface area contributed by atoms with Gasteiger partial charge >= 0.3 is 5.97 Å². The molecule has 0 aliphatic rings. The molecule has 22 heavy (non-hydrogen) atoms. The number of hydrogen-bond acceptors (Lipinski definition) is 6. The first kappa shape index (κ1) is 15.7. The highest BCUT2D eigenvalue weighted by molar-refractivity contribution is 5.83. The molecule has 0 aliphatic carbocycles. The van der Waals surface area contributed by atoms with Gasteiger partial charge in [0, 0.05) is 12.8 Å². The van der Waals surface area contributed by atoms with Crippen molar-refractivity contribution in [2.75, 3.05) is 0 Å². The van der Waals surface area contributed by atoms with Crippen molar-refractivity contribution in [1.29, 1.82) is 0 Å². The number of carboxylic acid groups (broad SMARTS) is 1. The van der Waals surface area contributed by atoms with E-state index in [1.54, 1.807) is 19.9 Å². The van der Waals surface area contributed by atoms with Gasteiger partial charge in [-0.2, -0.15) is 4.98 Å². The summed E-state index contributed by atoms with van der Waals surface area (Å²) in [7, 11) is 0. The lowest BCUT2D eigenvalue weighted by molar-refractivity contribution is -0.143. The van der Waals surface area contributed by atoms with Crippen LogP contribution in [0, 0.1) is 5.92 Å². The summed E-state index contributed by atoms with van der Waals surface area (Å²) in [4.78, 5) is 27.0. The molecule has 0 fully saturated rings. The lowest BCUT2D eigenvalue weighted by Crippen LogP contribution is -2.44. The van der Waals surface area contributed by atoms with Gasteiger partial charge in [-0.25, -0.2) is 4.79 Å². The maximum absolute atomic E-state index is 11.8. The van der Waals surface area contributed by atoms with Gasteiger partial charge in [0.1, 0.15) is 12.3 Å². The van der Waals surface area contributed by atoms with Gasteiger partial charge in [0.2, 0.25) is 17.6 Å². The van der Waals surface area contributed by atoms with Crippen molar-refractivity contribution in [3.8, 4) is 11.4 Å². The van der Waals surface area contributed by atoms with Gasteiger partial charge in [-0.3, -0.25) is 4.79 Å². The molecule has 2 heterocycles. The van der Waals surface area contributed by atoms with Crippen molar-refractivity contribution in [1.82, 2.24) is 15.5 Å². The van der Waals surface area contributed by atoms with Gasteiger partial charge in [-0.15, -0.1) is 0 Å².